The molecule has 1 aliphatic heterocycles. The molecule has 3 rings (SSSR count). The van der Waals surface area contributed by atoms with Gasteiger partial charge in [0.05, 0.1) is 0 Å². The number of aliphatic hydroxyl groups is 3. The third-order valence-corrected chi connectivity index (χ3v) is 7.22. The Kier molecular flexibility index (Phi) is 9.72. The number of carboxylic acids is 1. The Morgan fingerprint density at radius 1 is 0.868 bits per heavy atom. The van der Waals surface area contributed by atoms with Gasteiger partial charge in [0.2, 0.25) is 6.29 Å². The summed E-state index contributed by atoms with van der Waals surface area (Å²) in [6, 6.07) is 9.48. The van der Waals surface area contributed by atoms with Crippen molar-refractivity contribution in [2.75, 3.05) is 0 Å². The first kappa shape index (κ1) is 29.4. The Bertz CT molecular complexity index is 1140. The molecule has 0 amide bonds. The molecule has 1 saturated heterocycles. The summed E-state index contributed by atoms with van der Waals surface area (Å²) in [5.41, 5.74) is 2.79. The van der Waals surface area contributed by atoms with Gasteiger partial charge >= 0.3 is 11.9 Å². The number of carbonyl (C=O) groups excluding carboxylic acids is 3. The van der Waals surface area contributed by atoms with E-state index in [1.54, 1.807) is 20.8 Å². The lowest BCUT2D eigenvalue weighted by atomic mass is 9.76. The molecule has 1 aromatic rings. The Hall–Kier alpha value is -3.18. The number of unbranched alkanes of at least 4 members (excludes halogenated alkanes) is 2. The number of ketones is 2. The van der Waals surface area contributed by atoms with Crippen LogP contribution in [0.1, 0.15) is 64.4 Å². The largest absolute Gasteiger partial charge is 0.479 e. The molecule has 206 valence electrons. The average molecular weight is 531 g/mol. The fourth-order valence-electron chi connectivity index (χ4n) is 4.83. The van der Waals surface area contributed by atoms with E-state index in [1.165, 1.54) is 0 Å². The summed E-state index contributed by atoms with van der Waals surface area (Å²) in [7, 11) is 0. The highest BCUT2D eigenvalue weighted by Gasteiger charge is 2.48. The van der Waals surface area contributed by atoms with Gasteiger partial charge in [-0.1, -0.05) is 43.2 Å². The van der Waals surface area contributed by atoms with Crippen molar-refractivity contribution in [2.24, 2.45) is 0 Å². The molecule has 2 unspecified atom stereocenters. The highest BCUT2D eigenvalue weighted by Crippen LogP contribution is 2.37. The normalized spacial score (nSPS) is 26.9. The van der Waals surface area contributed by atoms with Crippen molar-refractivity contribution in [3.8, 4) is 0 Å². The second-order valence-electron chi connectivity index (χ2n) is 9.73. The van der Waals surface area contributed by atoms with E-state index in [9.17, 15) is 34.5 Å². The molecule has 0 spiro atoms. The maximum Gasteiger partial charge on any atom is 0.335 e. The number of aliphatic carboxylic acids is 1. The SMILES string of the molecule is CC1=C(C)C(=O)C(C(CCCCCC(=O)OC2O[C@H](C(=O)O)[C@@H](O)[C@H](O)[C@H]2O)c2ccccc2)=C(C)C1=O. The van der Waals surface area contributed by atoms with E-state index in [0.29, 0.717) is 48.0 Å². The number of rotatable bonds is 10. The van der Waals surface area contributed by atoms with Crippen molar-refractivity contribution in [2.45, 2.75) is 89.5 Å². The number of ether oxygens (including phenoxy) is 2. The van der Waals surface area contributed by atoms with Crippen molar-refractivity contribution in [3.05, 3.63) is 58.2 Å². The zero-order valence-corrected chi connectivity index (χ0v) is 21.6. The summed E-state index contributed by atoms with van der Waals surface area (Å²) in [6.45, 7) is 5.01. The van der Waals surface area contributed by atoms with Crippen LogP contribution in [0, 0.1) is 0 Å². The third-order valence-electron chi connectivity index (χ3n) is 7.22. The average Bonchev–Trinajstić information content (AvgIpc) is 2.90. The van der Waals surface area contributed by atoms with Crippen LogP contribution in [0.4, 0.5) is 0 Å². The Morgan fingerprint density at radius 3 is 2.13 bits per heavy atom. The molecule has 1 aliphatic carbocycles. The maximum atomic E-state index is 13.2. The molecule has 10 heteroatoms. The summed E-state index contributed by atoms with van der Waals surface area (Å²) in [5.74, 6) is -2.87. The Balaban J connectivity index is 1.58. The maximum absolute atomic E-state index is 13.2. The molecule has 38 heavy (non-hydrogen) atoms. The van der Waals surface area contributed by atoms with Gasteiger partial charge in [-0.3, -0.25) is 14.4 Å². The lowest BCUT2D eigenvalue weighted by molar-refractivity contribution is -0.286. The number of hydrogen-bond acceptors (Lipinski definition) is 9. The lowest BCUT2D eigenvalue weighted by Crippen LogP contribution is -2.60. The van der Waals surface area contributed by atoms with Crippen molar-refractivity contribution in [3.63, 3.8) is 0 Å². The number of Topliss-reactive ketones (excluding diaryl/α,β-unsaturated/α-hetero) is 2. The topological polar surface area (TPSA) is 168 Å². The van der Waals surface area contributed by atoms with Crippen LogP contribution >= 0.6 is 0 Å². The fourth-order valence-corrected chi connectivity index (χ4v) is 4.83. The van der Waals surface area contributed by atoms with E-state index >= 15 is 0 Å². The van der Waals surface area contributed by atoms with Crippen molar-refractivity contribution in [1.82, 2.24) is 0 Å². The van der Waals surface area contributed by atoms with Crippen LogP contribution in [0.5, 0.6) is 0 Å². The fraction of sp³-hybridized carbons (Fsp3) is 0.500. The van der Waals surface area contributed by atoms with E-state index in [4.69, 9.17) is 14.6 Å². The van der Waals surface area contributed by atoms with E-state index in [0.717, 1.165) is 5.56 Å². The quantitative estimate of drug-likeness (QED) is 0.199. The van der Waals surface area contributed by atoms with Gasteiger partial charge in [0.25, 0.3) is 0 Å². The van der Waals surface area contributed by atoms with Crippen LogP contribution < -0.4 is 0 Å². The number of aliphatic hydroxyl groups excluding tert-OH is 3. The zero-order chi connectivity index (χ0) is 28.1. The molecule has 10 nitrogen and oxygen atoms in total. The first-order chi connectivity index (χ1) is 18.0. The summed E-state index contributed by atoms with van der Waals surface area (Å²) >= 11 is 0. The summed E-state index contributed by atoms with van der Waals surface area (Å²) in [4.78, 5) is 49.4. The van der Waals surface area contributed by atoms with Crippen molar-refractivity contribution >= 4 is 23.5 Å². The van der Waals surface area contributed by atoms with Gasteiger partial charge in [0.1, 0.15) is 18.3 Å². The number of carbonyl (C=O) groups is 4. The lowest BCUT2D eigenvalue weighted by Gasteiger charge is -2.37. The van der Waals surface area contributed by atoms with Crippen molar-refractivity contribution in [1.29, 1.82) is 0 Å². The Labute approximate surface area is 220 Å². The monoisotopic (exact) mass is 530 g/mol. The van der Waals surface area contributed by atoms with E-state index < -0.39 is 42.6 Å². The van der Waals surface area contributed by atoms with E-state index in [-0.39, 0.29) is 23.9 Å². The van der Waals surface area contributed by atoms with Crippen LogP contribution in [-0.2, 0) is 28.7 Å². The van der Waals surface area contributed by atoms with Gasteiger partial charge in [-0.25, -0.2) is 4.79 Å². The minimum Gasteiger partial charge on any atom is -0.479 e. The summed E-state index contributed by atoms with van der Waals surface area (Å²) in [5, 5.41) is 38.7. The molecule has 6 atom stereocenters. The molecule has 1 fully saturated rings. The van der Waals surface area contributed by atoms with E-state index in [2.05, 4.69) is 0 Å². The highest BCUT2D eigenvalue weighted by molar-refractivity contribution is 6.25. The minimum absolute atomic E-state index is 0.0564. The standard InChI is InChI=1S/C28H34O10/c1-14-15(2)22(31)20(16(3)21(14)30)18(17-10-6-4-7-11-17)12-8-5-9-13-19(29)37-28-25(34)23(32)24(33)26(38-28)27(35)36/h4,6-7,10-11,18,23-26,28,32-34H,5,8-9,12-13H2,1-3H3,(H,35,36)/t18?,23-,24-,25+,26-,28?/m0/s1. The van der Waals surface area contributed by atoms with Crippen LogP contribution in [0.25, 0.3) is 0 Å². The van der Waals surface area contributed by atoms with Gasteiger partial charge in [-0.2, -0.15) is 0 Å². The van der Waals surface area contributed by atoms with Crippen LogP contribution in [0.15, 0.2) is 52.6 Å². The van der Waals surface area contributed by atoms with Gasteiger partial charge in [-0.15, -0.1) is 0 Å². The predicted molar refractivity (Wildman–Crippen MR) is 134 cm³/mol. The first-order valence-electron chi connectivity index (χ1n) is 12.6. The molecule has 0 aromatic heterocycles. The molecule has 4 N–H and O–H groups in total. The molecule has 0 radical (unpaired) electrons. The number of allylic oxidation sites excluding steroid dienone is 4. The van der Waals surface area contributed by atoms with Gasteiger partial charge < -0.3 is 29.9 Å². The molecular formula is C28H34O10. The van der Waals surface area contributed by atoms with Gasteiger partial charge in [0, 0.05) is 34.6 Å². The summed E-state index contributed by atoms with van der Waals surface area (Å²) < 4.78 is 9.98. The summed E-state index contributed by atoms with van der Waals surface area (Å²) in [6.07, 6.45) is -6.95. The van der Waals surface area contributed by atoms with Crippen LogP contribution in [0.3, 0.4) is 0 Å². The molecule has 1 heterocycles. The van der Waals surface area contributed by atoms with Gasteiger partial charge in [-0.05, 0) is 39.2 Å². The van der Waals surface area contributed by atoms with E-state index in [1.807, 2.05) is 30.3 Å². The second-order valence-corrected chi connectivity index (χ2v) is 9.73. The number of benzene rings is 1. The van der Waals surface area contributed by atoms with Crippen LogP contribution in [0.2, 0.25) is 0 Å². The second kappa shape index (κ2) is 12.6. The number of esters is 1. The van der Waals surface area contributed by atoms with Crippen molar-refractivity contribution < 1.29 is 49.1 Å². The van der Waals surface area contributed by atoms with Gasteiger partial charge in [0.15, 0.2) is 17.7 Å². The molecule has 0 bridgehead atoms. The zero-order valence-electron chi connectivity index (χ0n) is 21.6. The predicted octanol–water partition coefficient (Wildman–Crippen LogP) is 1.96. The first-order valence-corrected chi connectivity index (χ1v) is 12.6. The Morgan fingerprint density at radius 2 is 1.50 bits per heavy atom. The molecule has 1 aromatic carbocycles. The molecule has 2 aliphatic rings. The minimum atomic E-state index is -1.87. The smallest absolute Gasteiger partial charge is 0.335 e. The molecule has 0 saturated carbocycles. The molecular weight excluding hydrogens is 496 g/mol. The number of carboxylic acid groups (broad SMARTS) is 1. The number of hydrogen-bond donors (Lipinski definition) is 4. The highest BCUT2D eigenvalue weighted by atomic mass is 16.7. The third kappa shape index (κ3) is 6.27. The van der Waals surface area contributed by atoms with Crippen LogP contribution in [-0.4, -0.2) is 74.6 Å².